The lowest BCUT2D eigenvalue weighted by Crippen LogP contribution is -2.38. The summed E-state index contributed by atoms with van der Waals surface area (Å²) in [6.07, 6.45) is 1.59. The summed E-state index contributed by atoms with van der Waals surface area (Å²) < 4.78 is 11.1. The Morgan fingerprint density at radius 3 is 2.92 bits per heavy atom. The molecule has 0 aliphatic carbocycles. The number of nitrogens with one attached hydrogen (secondary N) is 2. The van der Waals surface area contributed by atoms with Crippen LogP contribution in [0.4, 0.5) is 10.5 Å². The van der Waals surface area contributed by atoms with Crippen molar-refractivity contribution in [1.29, 1.82) is 0 Å². The van der Waals surface area contributed by atoms with E-state index in [1.165, 1.54) is 0 Å². The number of carbonyl (C=O) groups is 1. The summed E-state index contributed by atoms with van der Waals surface area (Å²) in [5.74, 6) is 0.727. The predicted octanol–water partition coefficient (Wildman–Crippen LogP) is 1.51. The highest BCUT2D eigenvalue weighted by Crippen LogP contribution is 2.17. The molecule has 1 aromatic carbocycles. The molecule has 0 radical (unpaired) electrons. The molecular formula is C18H23N5O3. The number of carbonyl (C=O) groups excluding carboxylic acids is 1. The van der Waals surface area contributed by atoms with Crippen LogP contribution in [0, 0.1) is 0 Å². The fourth-order valence-corrected chi connectivity index (χ4v) is 2.55. The summed E-state index contributed by atoms with van der Waals surface area (Å²) in [5.41, 5.74) is 1.37. The number of amides is 2. The third-order valence-corrected chi connectivity index (χ3v) is 3.93. The highest BCUT2D eigenvalue weighted by atomic mass is 16.5. The first-order valence-electron chi connectivity index (χ1n) is 8.64. The highest BCUT2D eigenvalue weighted by Gasteiger charge is 2.10. The first kappa shape index (κ1) is 18.1. The molecule has 8 heteroatoms. The van der Waals surface area contributed by atoms with E-state index in [2.05, 4.69) is 25.7 Å². The molecule has 138 valence electrons. The van der Waals surface area contributed by atoms with Crippen LogP contribution in [-0.4, -0.2) is 60.6 Å². The van der Waals surface area contributed by atoms with Crippen LogP contribution in [0.1, 0.15) is 5.69 Å². The fourth-order valence-electron chi connectivity index (χ4n) is 2.55. The van der Waals surface area contributed by atoms with E-state index in [0.717, 1.165) is 38.6 Å². The van der Waals surface area contributed by atoms with E-state index in [1.54, 1.807) is 24.4 Å². The van der Waals surface area contributed by atoms with E-state index >= 15 is 0 Å². The maximum atomic E-state index is 12.0. The number of hydrogen-bond acceptors (Lipinski definition) is 6. The molecule has 1 aliphatic heterocycles. The molecule has 26 heavy (non-hydrogen) atoms. The molecule has 0 unspecified atom stereocenters. The number of aromatic nitrogens is 2. The van der Waals surface area contributed by atoms with Gasteiger partial charge in [0.15, 0.2) is 0 Å². The van der Waals surface area contributed by atoms with Crippen LogP contribution < -0.4 is 15.4 Å². The van der Waals surface area contributed by atoms with Gasteiger partial charge in [0, 0.05) is 37.6 Å². The van der Waals surface area contributed by atoms with Gasteiger partial charge in [0.2, 0.25) is 0 Å². The van der Waals surface area contributed by atoms with Gasteiger partial charge in [0.05, 0.1) is 25.5 Å². The quantitative estimate of drug-likeness (QED) is 0.781. The Hall–Kier alpha value is -2.71. The number of rotatable bonds is 7. The van der Waals surface area contributed by atoms with E-state index in [4.69, 9.17) is 9.47 Å². The minimum absolute atomic E-state index is 0.305. The molecule has 0 saturated carbocycles. The molecule has 1 fully saturated rings. The van der Waals surface area contributed by atoms with Gasteiger partial charge >= 0.3 is 6.03 Å². The number of hydrogen-bond donors (Lipinski definition) is 2. The van der Waals surface area contributed by atoms with Crippen molar-refractivity contribution in [2.45, 2.75) is 6.54 Å². The summed E-state index contributed by atoms with van der Waals surface area (Å²) in [4.78, 5) is 14.3. The SMILES string of the molecule is O=C(NCc1cccnn1)Nc1cccc(OCCN2CCOCC2)c1. The Morgan fingerprint density at radius 2 is 2.12 bits per heavy atom. The van der Waals surface area contributed by atoms with Crippen LogP contribution in [0.2, 0.25) is 0 Å². The summed E-state index contributed by atoms with van der Waals surface area (Å²) in [7, 11) is 0. The molecule has 1 aliphatic rings. The molecule has 0 bridgehead atoms. The van der Waals surface area contributed by atoms with Crippen LogP contribution in [0.15, 0.2) is 42.6 Å². The monoisotopic (exact) mass is 357 g/mol. The van der Waals surface area contributed by atoms with Crippen molar-refractivity contribution in [2.24, 2.45) is 0 Å². The zero-order valence-corrected chi connectivity index (χ0v) is 14.6. The molecule has 2 amide bonds. The van der Waals surface area contributed by atoms with E-state index in [9.17, 15) is 4.79 Å². The van der Waals surface area contributed by atoms with E-state index in [0.29, 0.717) is 24.5 Å². The average molecular weight is 357 g/mol. The Morgan fingerprint density at radius 1 is 1.23 bits per heavy atom. The lowest BCUT2D eigenvalue weighted by molar-refractivity contribution is 0.0322. The second-order valence-corrected chi connectivity index (χ2v) is 5.85. The van der Waals surface area contributed by atoms with Crippen molar-refractivity contribution in [3.05, 3.63) is 48.3 Å². The molecule has 3 rings (SSSR count). The van der Waals surface area contributed by atoms with Crippen molar-refractivity contribution in [3.8, 4) is 5.75 Å². The number of urea groups is 1. The Bertz CT molecular complexity index is 692. The summed E-state index contributed by atoms with van der Waals surface area (Å²) in [5, 5.41) is 13.2. The summed E-state index contributed by atoms with van der Waals surface area (Å²) in [6, 6.07) is 10.6. The van der Waals surface area contributed by atoms with Gasteiger partial charge in [-0.2, -0.15) is 10.2 Å². The first-order valence-corrected chi connectivity index (χ1v) is 8.64. The normalized spacial score (nSPS) is 14.6. The molecule has 1 aromatic heterocycles. The Balaban J connectivity index is 1.42. The molecule has 0 atom stereocenters. The number of benzene rings is 1. The second kappa shape index (κ2) is 9.69. The van der Waals surface area contributed by atoms with E-state index in [1.807, 2.05) is 18.2 Å². The molecular weight excluding hydrogens is 334 g/mol. The smallest absolute Gasteiger partial charge is 0.319 e. The lowest BCUT2D eigenvalue weighted by Gasteiger charge is -2.26. The zero-order chi connectivity index (χ0) is 18.0. The Kier molecular flexibility index (Phi) is 6.74. The molecule has 1 saturated heterocycles. The van der Waals surface area contributed by atoms with Crippen molar-refractivity contribution in [1.82, 2.24) is 20.4 Å². The van der Waals surface area contributed by atoms with Gasteiger partial charge in [-0.1, -0.05) is 6.07 Å². The van der Waals surface area contributed by atoms with Gasteiger partial charge in [-0.3, -0.25) is 4.90 Å². The standard InChI is InChI=1S/C18H23N5O3/c24-18(19-14-16-4-2-6-20-22-16)21-15-3-1-5-17(13-15)26-12-9-23-7-10-25-11-8-23/h1-6,13H,7-12,14H2,(H2,19,21,24). The van der Waals surface area contributed by atoms with Crippen LogP contribution in [0.3, 0.4) is 0 Å². The number of anilines is 1. The Labute approximate surface area is 152 Å². The number of morpholine rings is 1. The maximum absolute atomic E-state index is 12.0. The fraction of sp³-hybridized carbons (Fsp3) is 0.389. The van der Waals surface area contributed by atoms with Crippen molar-refractivity contribution < 1.29 is 14.3 Å². The van der Waals surface area contributed by atoms with Gasteiger partial charge in [-0.25, -0.2) is 4.79 Å². The number of ether oxygens (including phenoxy) is 2. The van der Waals surface area contributed by atoms with Crippen molar-refractivity contribution in [2.75, 3.05) is 44.8 Å². The van der Waals surface area contributed by atoms with E-state index in [-0.39, 0.29) is 6.03 Å². The molecule has 0 spiro atoms. The van der Waals surface area contributed by atoms with Crippen molar-refractivity contribution >= 4 is 11.7 Å². The van der Waals surface area contributed by atoms with E-state index < -0.39 is 0 Å². The molecule has 8 nitrogen and oxygen atoms in total. The van der Waals surface area contributed by atoms with Crippen molar-refractivity contribution in [3.63, 3.8) is 0 Å². The summed E-state index contributed by atoms with van der Waals surface area (Å²) >= 11 is 0. The zero-order valence-electron chi connectivity index (χ0n) is 14.6. The van der Waals surface area contributed by atoms with Gasteiger partial charge in [-0.15, -0.1) is 0 Å². The van der Waals surface area contributed by atoms with Crippen LogP contribution in [-0.2, 0) is 11.3 Å². The second-order valence-electron chi connectivity index (χ2n) is 5.85. The topological polar surface area (TPSA) is 88.6 Å². The lowest BCUT2D eigenvalue weighted by atomic mass is 10.3. The average Bonchev–Trinajstić information content (AvgIpc) is 2.68. The van der Waals surface area contributed by atoms with Crippen LogP contribution in [0.25, 0.3) is 0 Å². The van der Waals surface area contributed by atoms with Crippen LogP contribution >= 0.6 is 0 Å². The van der Waals surface area contributed by atoms with Gasteiger partial charge < -0.3 is 20.1 Å². The molecule has 2 aromatic rings. The predicted molar refractivity (Wildman–Crippen MR) is 97.1 cm³/mol. The largest absolute Gasteiger partial charge is 0.492 e. The van der Waals surface area contributed by atoms with Gasteiger partial charge in [-0.05, 0) is 24.3 Å². The van der Waals surface area contributed by atoms with Gasteiger partial charge in [0.25, 0.3) is 0 Å². The third kappa shape index (κ3) is 5.98. The number of nitrogens with zero attached hydrogens (tertiary/aromatic N) is 3. The molecule has 2 heterocycles. The minimum Gasteiger partial charge on any atom is -0.492 e. The molecule has 2 N–H and O–H groups in total. The van der Waals surface area contributed by atoms with Gasteiger partial charge in [0.1, 0.15) is 12.4 Å². The summed E-state index contributed by atoms with van der Waals surface area (Å²) in [6.45, 7) is 5.22. The maximum Gasteiger partial charge on any atom is 0.319 e. The third-order valence-electron chi connectivity index (χ3n) is 3.93. The highest BCUT2D eigenvalue weighted by molar-refractivity contribution is 5.89. The first-order chi connectivity index (χ1) is 12.8. The van der Waals surface area contributed by atoms with Crippen LogP contribution in [0.5, 0.6) is 5.75 Å². The minimum atomic E-state index is -0.305.